The van der Waals surface area contributed by atoms with Crippen LogP contribution in [0.5, 0.6) is 5.75 Å². The van der Waals surface area contributed by atoms with Crippen LogP contribution in [0, 0.1) is 0 Å². The summed E-state index contributed by atoms with van der Waals surface area (Å²) < 4.78 is 5.77. The fourth-order valence-electron chi connectivity index (χ4n) is 4.15. The molecule has 0 aliphatic carbocycles. The summed E-state index contributed by atoms with van der Waals surface area (Å²) in [7, 11) is 0. The van der Waals surface area contributed by atoms with Gasteiger partial charge in [-0.05, 0) is 67.9 Å². The van der Waals surface area contributed by atoms with Crippen molar-refractivity contribution in [2.75, 3.05) is 25.0 Å². The summed E-state index contributed by atoms with van der Waals surface area (Å²) in [6.07, 6.45) is 10.3. The van der Waals surface area contributed by atoms with E-state index >= 15 is 0 Å². The van der Waals surface area contributed by atoms with Gasteiger partial charge in [-0.15, -0.1) is 0 Å². The van der Waals surface area contributed by atoms with E-state index in [1.54, 1.807) is 36.4 Å². The molecule has 2 N–H and O–H groups in total. The fourth-order valence-corrected chi connectivity index (χ4v) is 4.35. The van der Waals surface area contributed by atoms with Gasteiger partial charge in [0.05, 0.1) is 17.9 Å². The average molecular weight is 496 g/mol. The minimum atomic E-state index is -0.315. The molecule has 1 aliphatic heterocycles. The second-order valence-electron chi connectivity index (χ2n) is 8.95. The Morgan fingerprint density at radius 2 is 1.60 bits per heavy atom. The number of ether oxygens (including phenoxy) is 1. The second kappa shape index (κ2) is 14.5. The van der Waals surface area contributed by atoms with E-state index in [4.69, 9.17) is 17.0 Å². The lowest BCUT2D eigenvalue weighted by Gasteiger charge is -2.22. The number of benzene rings is 2. The van der Waals surface area contributed by atoms with Crippen LogP contribution in [-0.2, 0) is 0 Å². The van der Waals surface area contributed by atoms with Crippen LogP contribution in [0.25, 0.3) is 0 Å². The van der Waals surface area contributed by atoms with Gasteiger partial charge >= 0.3 is 0 Å². The first kappa shape index (κ1) is 26.7. The minimum Gasteiger partial charge on any atom is -0.494 e. The number of nitrogens with one attached hydrogen (secondary N) is 2. The molecule has 2 amide bonds. The molecule has 0 radical (unpaired) electrons. The first-order valence-electron chi connectivity index (χ1n) is 12.8. The van der Waals surface area contributed by atoms with E-state index < -0.39 is 0 Å². The second-order valence-corrected chi connectivity index (χ2v) is 9.36. The van der Waals surface area contributed by atoms with Crippen LogP contribution < -0.4 is 15.4 Å². The van der Waals surface area contributed by atoms with Crippen LogP contribution >= 0.6 is 12.2 Å². The van der Waals surface area contributed by atoms with Crippen molar-refractivity contribution in [1.82, 2.24) is 10.2 Å². The van der Waals surface area contributed by atoms with Gasteiger partial charge in [0.2, 0.25) is 0 Å². The van der Waals surface area contributed by atoms with Gasteiger partial charge in [-0.25, -0.2) is 0 Å². The lowest BCUT2D eigenvalue weighted by atomic mass is 10.1. The third-order valence-electron chi connectivity index (χ3n) is 6.16. The first-order valence-corrected chi connectivity index (χ1v) is 13.2. The number of carbonyl (C=O) groups excluding carboxylic acids is 2. The summed E-state index contributed by atoms with van der Waals surface area (Å²) in [5, 5.41) is 5.89. The van der Waals surface area contributed by atoms with Crippen molar-refractivity contribution in [3.05, 3.63) is 59.7 Å². The number of unbranched alkanes of at least 4 members (excludes halogenated alkanes) is 4. The molecule has 0 spiro atoms. The van der Waals surface area contributed by atoms with E-state index in [0.717, 1.165) is 50.9 Å². The van der Waals surface area contributed by atoms with Gasteiger partial charge in [0.25, 0.3) is 11.8 Å². The van der Waals surface area contributed by atoms with E-state index in [-0.39, 0.29) is 16.9 Å². The van der Waals surface area contributed by atoms with E-state index in [1.807, 2.05) is 17.0 Å². The summed E-state index contributed by atoms with van der Waals surface area (Å²) in [6.45, 7) is 4.42. The first-order chi connectivity index (χ1) is 17.1. The maximum atomic E-state index is 13.1. The standard InChI is InChI=1S/C28H37N3O3S/c1-2-3-4-7-12-21-34-23-17-15-22(16-18-23)26(32)30-28(35)29-25-14-9-8-13-24(25)27(33)31-19-10-5-6-11-20-31/h8-9,13-18H,2-7,10-12,19-21H2,1H3,(H2,29,30,32,35). The molecule has 2 aromatic carbocycles. The SMILES string of the molecule is CCCCCCCOc1ccc(C(=O)NC(=S)Nc2ccccc2C(=O)N2CCCCCC2)cc1. The molecule has 7 heteroatoms. The van der Waals surface area contributed by atoms with Gasteiger partial charge < -0.3 is 15.0 Å². The highest BCUT2D eigenvalue weighted by molar-refractivity contribution is 7.80. The molecule has 2 aromatic rings. The van der Waals surface area contributed by atoms with E-state index in [2.05, 4.69) is 17.6 Å². The molecule has 1 saturated heterocycles. The molecule has 3 rings (SSSR count). The van der Waals surface area contributed by atoms with Crippen molar-refractivity contribution in [2.24, 2.45) is 0 Å². The molecule has 0 aromatic heterocycles. The predicted molar refractivity (Wildman–Crippen MR) is 145 cm³/mol. The van der Waals surface area contributed by atoms with Gasteiger partial charge in [0, 0.05) is 18.7 Å². The van der Waals surface area contributed by atoms with Crippen LogP contribution in [0.2, 0.25) is 0 Å². The van der Waals surface area contributed by atoms with Crippen molar-refractivity contribution < 1.29 is 14.3 Å². The zero-order chi connectivity index (χ0) is 24.9. The Labute approximate surface area is 214 Å². The summed E-state index contributed by atoms with van der Waals surface area (Å²) >= 11 is 5.37. The highest BCUT2D eigenvalue weighted by atomic mass is 32.1. The third-order valence-corrected chi connectivity index (χ3v) is 6.36. The number of likely N-dealkylation sites (tertiary alicyclic amines) is 1. The van der Waals surface area contributed by atoms with Crippen LogP contribution in [0.1, 0.15) is 85.4 Å². The third kappa shape index (κ3) is 8.66. The highest BCUT2D eigenvalue weighted by Gasteiger charge is 2.20. The number of amides is 2. The van der Waals surface area contributed by atoms with Crippen LogP contribution in [0.3, 0.4) is 0 Å². The molecule has 0 atom stereocenters. The molecule has 188 valence electrons. The van der Waals surface area contributed by atoms with E-state index in [9.17, 15) is 9.59 Å². The molecule has 1 heterocycles. The van der Waals surface area contributed by atoms with Crippen molar-refractivity contribution >= 4 is 34.8 Å². The van der Waals surface area contributed by atoms with Gasteiger partial charge in [-0.2, -0.15) is 0 Å². The average Bonchev–Trinajstić information content (AvgIpc) is 3.16. The number of para-hydroxylation sites is 1. The highest BCUT2D eigenvalue weighted by Crippen LogP contribution is 2.20. The molecule has 1 aliphatic rings. The van der Waals surface area contributed by atoms with E-state index in [0.29, 0.717) is 23.4 Å². The zero-order valence-electron chi connectivity index (χ0n) is 20.7. The maximum Gasteiger partial charge on any atom is 0.257 e. The Morgan fingerprint density at radius 3 is 2.31 bits per heavy atom. The quantitative estimate of drug-likeness (QED) is 0.304. The number of nitrogens with zero attached hydrogens (tertiary/aromatic N) is 1. The topological polar surface area (TPSA) is 70.7 Å². The molecule has 0 bridgehead atoms. The van der Waals surface area contributed by atoms with E-state index in [1.165, 1.54) is 25.7 Å². The number of anilines is 1. The van der Waals surface area contributed by atoms with Crippen molar-refractivity contribution in [3.63, 3.8) is 0 Å². The van der Waals surface area contributed by atoms with Gasteiger partial charge in [-0.1, -0.05) is 57.6 Å². The normalized spacial score (nSPS) is 13.6. The van der Waals surface area contributed by atoms with Crippen LogP contribution in [0.15, 0.2) is 48.5 Å². The number of carbonyl (C=O) groups is 2. The Balaban J connectivity index is 1.51. The number of thiocarbonyl (C=S) groups is 1. The summed E-state index contributed by atoms with van der Waals surface area (Å²) in [5.74, 6) is 0.425. The lowest BCUT2D eigenvalue weighted by molar-refractivity contribution is 0.0762. The predicted octanol–water partition coefficient (Wildman–Crippen LogP) is 6.18. The lowest BCUT2D eigenvalue weighted by Crippen LogP contribution is -2.36. The molecule has 1 fully saturated rings. The Hall–Kier alpha value is -2.93. The van der Waals surface area contributed by atoms with Crippen molar-refractivity contribution in [3.8, 4) is 5.75 Å². The molecule has 6 nitrogen and oxygen atoms in total. The largest absolute Gasteiger partial charge is 0.494 e. The maximum absolute atomic E-state index is 13.1. The molecular formula is C28H37N3O3S. The van der Waals surface area contributed by atoms with Crippen LogP contribution in [-0.4, -0.2) is 41.5 Å². The molecular weight excluding hydrogens is 458 g/mol. The van der Waals surface area contributed by atoms with Gasteiger partial charge in [0.15, 0.2) is 5.11 Å². The molecule has 0 saturated carbocycles. The Bertz CT molecular complexity index is 970. The Morgan fingerprint density at radius 1 is 0.914 bits per heavy atom. The summed E-state index contributed by atoms with van der Waals surface area (Å²) in [6, 6.07) is 14.3. The summed E-state index contributed by atoms with van der Waals surface area (Å²) in [4.78, 5) is 27.7. The number of rotatable bonds is 10. The monoisotopic (exact) mass is 495 g/mol. The Kier molecular flexibility index (Phi) is 11.0. The molecule has 35 heavy (non-hydrogen) atoms. The minimum absolute atomic E-state index is 0.00919. The van der Waals surface area contributed by atoms with Crippen LogP contribution in [0.4, 0.5) is 5.69 Å². The number of hydrogen-bond donors (Lipinski definition) is 2. The van der Waals surface area contributed by atoms with Gasteiger partial charge in [0.1, 0.15) is 5.75 Å². The van der Waals surface area contributed by atoms with Gasteiger partial charge in [-0.3, -0.25) is 14.9 Å². The zero-order valence-corrected chi connectivity index (χ0v) is 21.5. The van der Waals surface area contributed by atoms with Crippen molar-refractivity contribution in [1.29, 1.82) is 0 Å². The number of hydrogen-bond acceptors (Lipinski definition) is 4. The fraction of sp³-hybridized carbons (Fsp3) is 0.464. The molecule has 0 unspecified atom stereocenters. The van der Waals surface area contributed by atoms with Crippen molar-refractivity contribution in [2.45, 2.75) is 64.7 Å². The smallest absolute Gasteiger partial charge is 0.257 e. The summed E-state index contributed by atoms with van der Waals surface area (Å²) in [5.41, 5.74) is 1.63.